The van der Waals surface area contributed by atoms with Crippen molar-refractivity contribution in [3.05, 3.63) is 68.1 Å². The van der Waals surface area contributed by atoms with Crippen LogP contribution in [0, 0.1) is 0 Å². The van der Waals surface area contributed by atoms with E-state index in [1.807, 2.05) is 12.1 Å². The maximum absolute atomic E-state index is 12.3. The highest BCUT2D eigenvalue weighted by atomic mass is 79.9. The molecule has 24 heavy (non-hydrogen) atoms. The molecule has 2 N–H and O–H groups in total. The molecule has 3 aromatic rings. The summed E-state index contributed by atoms with van der Waals surface area (Å²) < 4.78 is 6.61. The van der Waals surface area contributed by atoms with E-state index >= 15 is 0 Å². The predicted molar refractivity (Wildman–Crippen MR) is 98.6 cm³/mol. The van der Waals surface area contributed by atoms with Crippen LogP contribution in [0.2, 0.25) is 0 Å². The number of aromatic nitrogens is 1. The van der Waals surface area contributed by atoms with Crippen LogP contribution in [0.15, 0.2) is 50.2 Å². The Bertz CT molecular complexity index is 923. The van der Waals surface area contributed by atoms with Crippen LogP contribution in [0.5, 0.6) is 0 Å². The van der Waals surface area contributed by atoms with Gasteiger partial charge < -0.3 is 9.84 Å². The van der Waals surface area contributed by atoms with Gasteiger partial charge in [0, 0.05) is 16.8 Å². The molecule has 124 valence electrons. The first-order valence-electron chi connectivity index (χ1n) is 8.31. The Morgan fingerprint density at radius 1 is 1.12 bits per heavy atom. The second-order valence-electron chi connectivity index (χ2n) is 6.34. The van der Waals surface area contributed by atoms with Crippen molar-refractivity contribution in [1.29, 1.82) is 0 Å². The summed E-state index contributed by atoms with van der Waals surface area (Å²) in [5, 5.41) is 8.25. The van der Waals surface area contributed by atoms with Crippen molar-refractivity contribution in [3.63, 3.8) is 0 Å². The smallest absolute Gasteiger partial charge is 0.283 e. The van der Waals surface area contributed by atoms with Crippen molar-refractivity contribution in [1.82, 2.24) is 10.5 Å². The third-order valence-corrected chi connectivity index (χ3v) is 5.78. The van der Waals surface area contributed by atoms with E-state index in [0.29, 0.717) is 12.3 Å². The second-order valence-corrected chi connectivity index (χ2v) is 7.13. The van der Waals surface area contributed by atoms with E-state index in [-0.39, 0.29) is 5.56 Å². The Morgan fingerprint density at radius 3 is 2.75 bits per heavy atom. The van der Waals surface area contributed by atoms with E-state index in [1.165, 1.54) is 10.8 Å². The molecule has 1 aliphatic rings. The van der Waals surface area contributed by atoms with E-state index in [2.05, 4.69) is 50.7 Å². The maximum Gasteiger partial charge on any atom is 0.283 e. The zero-order valence-electron chi connectivity index (χ0n) is 13.3. The van der Waals surface area contributed by atoms with E-state index < -0.39 is 0 Å². The molecule has 5 heteroatoms. The minimum absolute atomic E-state index is 0.108. The molecule has 0 aliphatic carbocycles. The lowest BCUT2D eigenvalue weighted by molar-refractivity contribution is 0.324. The topological polar surface area (TPSA) is 58.0 Å². The van der Waals surface area contributed by atoms with Gasteiger partial charge in [0.2, 0.25) is 0 Å². The number of hydrogen-bond donors (Lipinski definition) is 2. The Labute approximate surface area is 148 Å². The lowest BCUT2D eigenvalue weighted by Crippen LogP contribution is -2.27. The first-order valence-corrected chi connectivity index (χ1v) is 9.10. The van der Waals surface area contributed by atoms with E-state index in [4.69, 9.17) is 4.52 Å². The maximum atomic E-state index is 12.3. The largest absolute Gasteiger partial charge is 0.383 e. The first-order chi connectivity index (χ1) is 11.7. The molecule has 4 rings (SSSR count). The number of hydrogen-bond acceptors (Lipinski definition) is 3. The summed E-state index contributed by atoms with van der Waals surface area (Å²) in [6.45, 7) is 1.94. The number of aromatic amines is 1. The molecule has 0 saturated carbocycles. The first kappa shape index (κ1) is 15.7. The molecule has 2 aromatic carbocycles. The molecule has 0 atom stereocenters. The SMILES string of the molecule is O=c1[nH]oc(C2CCNCC2)c1Cc1ccc2ccccc2c1Br. The molecule has 1 fully saturated rings. The molecule has 4 nitrogen and oxygen atoms in total. The van der Waals surface area contributed by atoms with Gasteiger partial charge >= 0.3 is 0 Å². The highest BCUT2D eigenvalue weighted by Gasteiger charge is 2.24. The highest BCUT2D eigenvalue weighted by molar-refractivity contribution is 9.10. The van der Waals surface area contributed by atoms with Gasteiger partial charge in [0.1, 0.15) is 5.76 Å². The van der Waals surface area contributed by atoms with E-state index in [1.54, 1.807) is 0 Å². The fourth-order valence-electron chi connectivity index (χ4n) is 3.52. The summed E-state index contributed by atoms with van der Waals surface area (Å²) in [6.07, 6.45) is 2.59. The minimum Gasteiger partial charge on any atom is -0.383 e. The number of piperidine rings is 1. The van der Waals surface area contributed by atoms with Crippen molar-refractivity contribution in [3.8, 4) is 0 Å². The van der Waals surface area contributed by atoms with Crippen LogP contribution in [-0.2, 0) is 6.42 Å². The van der Waals surface area contributed by atoms with Crippen LogP contribution in [0.1, 0.15) is 35.6 Å². The van der Waals surface area contributed by atoms with Crippen molar-refractivity contribution in [2.45, 2.75) is 25.2 Å². The fraction of sp³-hybridized carbons (Fsp3) is 0.316. The van der Waals surface area contributed by atoms with Crippen molar-refractivity contribution in [2.24, 2.45) is 0 Å². The third-order valence-electron chi connectivity index (χ3n) is 4.85. The molecule has 1 aliphatic heterocycles. The van der Waals surface area contributed by atoms with Gasteiger partial charge in [-0.15, -0.1) is 0 Å². The second kappa shape index (κ2) is 6.57. The zero-order chi connectivity index (χ0) is 16.5. The van der Waals surface area contributed by atoms with Crippen LogP contribution in [0.4, 0.5) is 0 Å². The summed E-state index contributed by atoms with van der Waals surface area (Å²) in [4.78, 5) is 12.3. The molecule has 1 saturated heterocycles. The van der Waals surface area contributed by atoms with E-state index in [0.717, 1.165) is 47.3 Å². The van der Waals surface area contributed by atoms with Crippen LogP contribution < -0.4 is 10.9 Å². The Balaban J connectivity index is 1.72. The van der Waals surface area contributed by atoms with Gasteiger partial charge in [-0.3, -0.25) is 4.79 Å². The van der Waals surface area contributed by atoms with Gasteiger partial charge in [-0.2, -0.15) is 5.16 Å². The average molecular weight is 387 g/mol. The van der Waals surface area contributed by atoms with Crippen molar-refractivity contribution >= 4 is 26.7 Å². The van der Waals surface area contributed by atoms with Gasteiger partial charge in [0.05, 0.1) is 5.56 Å². The van der Waals surface area contributed by atoms with Crippen LogP contribution in [0.25, 0.3) is 10.8 Å². The molecular weight excluding hydrogens is 368 g/mol. The molecule has 2 heterocycles. The Kier molecular flexibility index (Phi) is 4.29. The van der Waals surface area contributed by atoms with Gasteiger partial charge in [0.25, 0.3) is 5.56 Å². The molecule has 1 aromatic heterocycles. The zero-order valence-corrected chi connectivity index (χ0v) is 14.9. The van der Waals surface area contributed by atoms with E-state index in [9.17, 15) is 4.79 Å². The molecule has 0 bridgehead atoms. The standard InChI is InChI=1S/C19H19BrN2O2/c20-17-14(6-5-12-3-1-2-4-15(12)17)11-16-18(24-22-19(16)23)13-7-9-21-10-8-13/h1-6,13,21H,7-11H2,(H,22,23). The van der Waals surface area contributed by atoms with Gasteiger partial charge in [-0.1, -0.05) is 36.4 Å². The molecular formula is C19H19BrN2O2. The van der Waals surface area contributed by atoms with Gasteiger partial charge in [0.15, 0.2) is 0 Å². The normalized spacial score (nSPS) is 15.9. The fourth-order valence-corrected chi connectivity index (χ4v) is 4.16. The van der Waals surface area contributed by atoms with Gasteiger partial charge in [-0.25, -0.2) is 0 Å². The molecule has 0 spiro atoms. The molecule has 0 radical (unpaired) electrons. The summed E-state index contributed by atoms with van der Waals surface area (Å²) in [5.74, 6) is 1.15. The summed E-state index contributed by atoms with van der Waals surface area (Å²) in [6, 6.07) is 12.4. The van der Waals surface area contributed by atoms with Crippen LogP contribution in [0.3, 0.4) is 0 Å². The number of halogens is 1. The summed E-state index contributed by atoms with van der Waals surface area (Å²) >= 11 is 3.72. The minimum atomic E-state index is -0.108. The lowest BCUT2D eigenvalue weighted by Gasteiger charge is -2.21. The summed E-state index contributed by atoms with van der Waals surface area (Å²) in [5.41, 5.74) is 1.76. The third kappa shape index (κ3) is 2.82. The predicted octanol–water partition coefficient (Wildman–Crippen LogP) is 3.94. The van der Waals surface area contributed by atoms with Crippen LogP contribution >= 0.6 is 15.9 Å². The lowest BCUT2D eigenvalue weighted by atomic mass is 9.91. The van der Waals surface area contributed by atoms with Gasteiger partial charge in [-0.05, 0) is 58.2 Å². The number of benzene rings is 2. The number of nitrogens with one attached hydrogen (secondary N) is 2. The summed E-state index contributed by atoms with van der Waals surface area (Å²) in [7, 11) is 0. The number of H-pyrrole nitrogens is 1. The highest BCUT2D eigenvalue weighted by Crippen LogP contribution is 2.32. The Hall–Kier alpha value is -1.85. The van der Waals surface area contributed by atoms with Crippen molar-refractivity contribution < 1.29 is 4.52 Å². The van der Waals surface area contributed by atoms with Crippen LogP contribution in [-0.4, -0.2) is 18.2 Å². The quantitative estimate of drug-likeness (QED) is 0.716. The molecule has 0 unspecified atom stereocenters. The monoisotopic (exact) mass is 386 g/mol. The number of rotatable bonds is 3. The average Bonchev–Trinajstić information content (AvgIpc) is 2.99. The number of fused-ring (bicyclic) bond motifs is 1. The van der Waals surface area contributed by atoms with Crippen molar-refractivity contribution in [2.75, 3.05) is 13.1 Å². The Morgan fingerprint density at radius 2 is 1.92 bits per heavy atom. The molecule has 0 amide bonds.